The summed E-state index contributed by atoms with van der Waals surface area (Å²) >= 11 is 12.3. The number of sulfone groups is 1. The van der Waals surface area contributed by atoms with Crippen LogP contribution in [-0.2, 0) is 24.8 Å². The Kier molecular flexibility index (Phi) is 5.77. The van der Waals surface area contributed by atoms with Gasteiger partial charge in [0.1, 0.15) is 0 Å². The van der Waals surface area contributed by atoms with Crippen molar-refractivity contribution in [2.45, 2.75) is 31.2 Å². The van der Waals surface area contributed by atoms with Crippen molar-refractivity contribution in [1.82, 2.24) is 5.32 Å². The fourth-order valence-corrected chi connectivity index (χ4v) is 5.29. The summed E-state index contributed by atoms with van der Waals surface area (Å²) in [4.78, 5) is 24.7. The number of nitrogens with one attached hydrogen (secondary N) is 1. The first-order chi connectivity index (χ1) is 11.6. The number of amides is 1. The van der Waals surface area contributed by atoms with Crippen LogP contribution in [0.2, 0.25) is 10.0 Å². The van der Waals surface area contributed by atoms with E-state index in [4.69, 9.17) is 23.2 Å². The van der Waals surface area contributed by atoms with Gasteiger partial charge in [-0.25, -0.2) is 8.42 Å². The number of Topliss-reactive ketones (excluding diaryl/α,β-unsaturated/α-hetero) is 1. The zero-order valence-electron chi connectivity index (χ0n) is 13.4. The zero-order chi connectivity index (χ0) is 18.8. The van der Waals surface area contributed by atoms with Crippen molar-refractivity contribution >= 4 is 44.7 Å². The van der Waals surface area contributed by atoms with Crippen molar-refractivity contribution in [3.05, 3.63) is 33.8 Å². The standard InChI is InChI=1S/C16H16Cl2N2O4S/c1-10(21)16(9-19,15-12(17)3-2-4-13(15)18)7-14(22)20-11-5-6-25(23,24)8-11/h2-4,11H,5-8H2,1H3,(H,20,22). The summed E-state index contributed by atoms with van der Waals surface area (Å²) in [5.41, 5.74) is -1.75. The molecule has 0 saturated carbocycles. The molecule has 25 heavy (non-hydrogen) atoms. The SMILES string of the molecule is CC(=O)C(C#N)(CC(=O)NC1CCS(=O)(=O)C1)c1c(Cl)cccc1Cl. The highest BCUT2D eigenvalue weighted by molar-refractivity contribution is 7.91. The Hall–Kier alpha value is -1.62. The summed E-state index contributed by atoms with van der Waals surface area (Å²) in [7, 11) is -3.16. The van der Waals surface area contributed by atoms with Crippen LogP contribution < -0.4 is 5.32 Å². The molecule has 2 rings (SSSR count). The second kappa shape index (κ2) is 7.32. The largest absolute Gasteiger partial charge is 0.352 e. The maximum Gasteiger partial charge on any atom is 0.222 e. The molecule has 1 aromatic rings. The molecule has 1 fully saturated rings. The third-order valence-corrected chi connectivity index (χ3v) is 6.60. The lowest BCUT2D eigenvalue weighted by atomic mass is 9.75. The van der Waals surface area contributed by atoms with Gasteiger partial charge in [0.05, 0.1) is 24.0 Å². The molecule has 2 atom stereocenters. The fourth-order valence-electron chi connectivity index (χ4n) is 2.90. The van der Waals surface area contributed by atoms with E-state index in [1.165, 1.54) is 19.1 Å². The van der Waals surface area contributed by atoms with Crippen molar-refractivity contribution in [3.8, 4) is 6.07 Å². The van der Waals surface area contributed by atoms with Crippen LogP contribution in [0.15, 0.2) is 18.2 Å². The van der Waals surface area contributed by atoms with Crippen LogP contribution >= 0.6 is 23.2 Å². The average Bonchev–Trinajstić information content (AvgIpc) is 2.84. The number of carbonyl (C=O) groups excluding carboxylic acids is 2. The minimum atomic E-state index is -3.16. The number of benzene rings is 1. The molecule has 1 amide bonds. The molecule has 0 aliphatic carbocycles. The lowest BCUT2D eigenvalue weighted by molar-refractivity contribution is -0.128. The number of nitrogens with zero attached hydrogens (tertiary/aromatic N) is 1. The van der Waals surface area contributed by atoms with E-state index < -0.39 is 39.4 Å². The predicted molar refractivity (Wildman–Crippen MR) is 94.3 cm³/mol. The van der Waals surface area contributed by atoms with E-state index in [9.17, 15) is 23.3 Å². The first-order valence-electron chi connectivity index (χ1n) is 7.48. The smallest absolute Gasteiger partial charge is 0.222 e. The molecule has 0 bridgehead atoms. The van der Waals surface area contributed by atoms with Gasteiger partial charge in [-0.2, -0.15) is 5.26 Å². The van der Waals surface area contributed by atoms with E-state index >= 15 is 0 Å². The molecule has 0 radical (unpaired) electrons. The summed E-state index contributed by atoms with van der Waals surface area (Å²) in [5.74, 6) is -1.32. The molecule has 1 aliphatic heterocycles. The van der Waals surface area contributed by atoms with Crippen molar-refractivity contribution < 1.29 is 18.0 Å². The predicted octanol–water partition coefficient (Wildman–Crippen LogP) is 2.04. The van der Waals surface area contributed by atoms with Crippen LogP contribution in [0.3, 0.4) is 0 Å². The molecule has 9 heteroatoms. The summed E-state index contributed by atoms with van der Waals surface area (Å²) in [5, 5.41) is 12.5. The van der Waals surface area contributed by atoms with Crippen molar-refractivity contribution in [2.24, 2.45) is 0 Å². The van der Waals surface area contributed by atoms with Crippen molar-refractivity contribution in [2.75, 3.05) is 11.5 Å². The van der Waals surface area contributed by atoms with Crippen molar-refractivity contribution in [3.63, 3.8) is 0 Å². The first-order valence-corrected chi connectivity index (χ1v) is 10.1. The van der Waals surface area contributed by atoms with Gasteiger partial charge in [-0.05, 0) is 25.5 Å². The molecule has 1 N–H and O–H groups in total. The van der Waals surface area contributed by atoms with Crippen LogP contribution in [0, 0.1) is 11.3 Å². The molecule has 1 aromatic carbocycles. The Morgan fingerprint density at radius 1 is 1.36 bits per heavy atom. The summed E-state index contributed by atoms with van der Waals surface area (Å²) < 4.78 is 23.0. The molecule has 0 aromatic heterocycles. The van der Waals surface area contributed by atoms with E-state index in [1.807, 2.05) is 6.07 Å². The van der Waals surface area contributed by atoms with Crippen molar-refractivity contribution in [1.29, 1.82) is 5.26 Å². The molecule has 1 aliphatic rings. The third-order valence-electron chi connectivity index (χ3n) is 4.20. The Labute approximate surface area is 156 Å². The highest BCUT2D eigenvalue weighted by Gasteiger charge is 2.43. The summed E-state index contributed by atoms with van der Waals surface area (Å²) in [6.07, 6.45) is -0.181. The quantitative estimate of drug-likeness (QED) is 0.810. The van der Waals surface area contributed by atoms with E-state index in [2.05, 4.69) is 5.32 Å². The highest BCUT2D eigenvalue weighted by Crippen LogP contribution is 2.39. The van der Waals surface area contributed by atoms with E-state index in [0.717, 1.165) is 0 Å². The average molecular weight is 403 g/mol. The maximum absolute atomic E-state index is 12.4. The lowest BCUT2D eigenvalue weighted by Gasteiger charge is -2.26. The van der Waals surface area contributed by atoms with Gasteiger partial charge in [0.15, 0.2) is 21.0 Å². The third kappa shape index (κ3) is 4.14. The molecule has 1 heterocycles. The molecule has 0 spiro atoms. The number of hydrogen-bond acceptors (Lipinski definition) is 5. The van der Waals surface area contributed by atoms with E-state index in [0.29, 0.717) is 6.42 Å². The van der Waals surface area contributed by atoms with E-state index in [1.54, 1.807) is 6.07 Å². The van der Waals surface area contributed by atoms with Crippen LogP contribution in [0.4, 0.5) is 0 Å². The van der Waals surface area contributed by atoms with Gasteiger partial charge in [0, 0.05) is 21.7 Å². The minimum Gasteiger partial charge on any atom is -0.352 e. The zero-order valence-corrected chi connectivity index (χ0v) is 15.7. The summed E-state index contributed by atoms with van der Waals surface area (Å²) in [6.45, 7) is 1.19. The number of ketones is 1. The minimum absolute atomic E-state index is 0.00435. The number of rotatable bonds is 5. The molecule has 6 nitrogen and oxygen atoms in total. The van der Waals surface area contributed by atoms with Crippen LogP contribution in [-0.4, -0.2) is 37.7 Å². The van der Waals surface area contributed by atoms with E-state index in [-0.39, 0.29) is 27.1 Å². The van der Waals surface area contributed by atoms with Gasteiger partial charge in [-0.3, -0.25) is 9.59 Å². The number of hydrogen-bond donors (Lipinski definition) is 1. The maximum atomic E-state index is 12.4. The van der Waals surface area contributed by atoms with Gasteiger partial charge in [-0.1, -0.05) is 29.3 Å². The number of halogens is 2. The van der Waals surface area contributed by atoms with Gasteiger partial charge in [0.25, 0.3) is 0 Å². The van der Waals surface area contributed by atoms with Gasteiger partial charge < -0.3 is 5.32 Å². The Morgan fingerprint density at radius 2 is 1.96 bits per heavy atom. The summed E-state index contributed by atoms with van der Waals surface area (Å²) in [6, 6.07) is 5.90. The second-order valence-electron chi connectivity index (χ2n) is 6.01. The molecule has 2 unspecified atom stereocenters. The first kappa shape index (κ1) is 19.7. The Morgan fingerprint density at radius 3 is 2.40 bits per heavy atom. The fraction of sp³-hybridized carbons (Fsp3) is 0.438. The molecular formula is C16H16Cl2N2O4S. The van der Waals surface area contributed by atoms with Crippen LogP contribution in [0.5, 0.6) is 0 Å². The lowest BCUT2D eigenvalue weighted by Crippen LogP contribution is -2.43. The Balaban J connectivity index is 2.32. The van der Waals surface area contributed by atoms with Crippen LogP contribution in [0.25, 0.3) is 0 Å². The van der Waals surface area contributed by atoms with Gasteiger partial charge >= 0.3 is 0 Å². The molecule has 1 saturated heterocycles. The molecule has 134 valence electrons. The van der Waals surface area contributed by atoms with Gasteiger partial charge in [-0.15, -0.1) is 0 Å². The normalized spacial score (nSPS) is 21.1. The highest BCUT2D eigenvalue weighted by atomic mass is 35.5. The number of nitriles is 1. The van der Waals surface area contributed by atoms with Gasteiger partial charge in [0.2, 0.25) is 5.91 Å². The molecular weight excluding hydrogens is 387 g/mol. The topological polar surface area (TPSA) is 104 Å². The monoisotopic (exact) mass is 402 g/mol. The second-order valence-corrected chi connectivity index (χ2v) is 9.06. The van der Waals surface area contributed by atoms with Crippen LogP contribution in [0.1, 0.15) is 25.3 Å². The Bertz CT molecular complexity index is 843. The number of carbonyl (C=O) groups is 2.